The average Bonchev–Trinajstić information content (AvgIpc) is 3.30. The van der Waals surface area contributed by atoms with Gasteiger partial charge in [0.15, 0.2) is 28.3 Å². The lowest BCUT2D eigenvalue weighted by atomic mass is 10.1. The van der Waals surface area contributed by atoms with Gasteiger partial charge in [0.05, 0.1) is 6.61 Å². The van der Waals surface area contributed by atoms with Crippen LogP contribution in [-0.4, -0.2) is 55.3 Å². The Labute approximate surface area is 197 Å². The molecule has 2 aromatic heterocycles. The van der Waals surface area contributed by atoms with Gasteiger partial charge in [-0.05, 0) is 5.56 Å². The molecule has 1 N–H and O–H groups in total. The molecular weight excluding hydrogens is 495 g/mol. The molecule has 1 unspecified atom stereocenters. The number of fused-ring (bicyclic) bond motifs is 2. The monoisotopic (exact) mass is 512 g/mol. The molecule has 0 bridgehead atoms. The smallest absolute Gasteiger partial charge is 0.455 e. The van der Waals surface area contributed by atoms with E-state index in [2.05, 4.69) is 15.0 Å². The van der Waals surface area contributed by atoms with Crippen LogP contribution < -0.4 is 0 Å². The van der Waals surface area contributed by atoms with Crippen LogP contribution in [0.15, 0.2) is 41.8 Å². The molecule has 11 nitrogen and oxygen atoms in total. The second kappa shape index (κ2) is 8.95. The van der Waals surface area contributed by atoms with Gasteiger partial charge in [-0.3, -0.25) is 18.4 Å². The Balaban J connectivity index is 1.57. The van der Waals surface area contributed by atoms with Crippen molar-refractivity contribution in [3.63, 3.8) is 0 Å². The molecule has 5 atom stereocenters. The van der Waals surface area contributed by atoms with E-state index in [1.165, 1.54) is 25.0 Å². The van der Waals surface area contributed by atoms with Crippen LogP contribution in [-0.2, 0) is 33.6 Å². The van der Waals surface area contributed by atoms with Gasteiger partial charge in [0, 0.05) is 12.7 Å². The predicted octanol–water partition coefficient (Wildman–Crippen LogP) is 3.12. The summed E-state index contributed by atoms with van der Waals surface area (Å²) in [5.74, 6) is -0.0222. The summed E-state index contributed by atoms with van der Waals surface area (Å²) in [6, 6.07) is 9.77. The summed E-state index contributed by atoms with van der Waals surface area (Å²) < 4.78 is 35.4. The molecule has 2 saturated heterocycles. The van der Waals surface area contributed by atoms with Gasteiger partial charge in [0.2, 0.25) is 0 Å². The van der Waals surface area contributed by atoms with Crippen LogP contribution in [0.1, 0.15) is 18.7 Å². The predicted molar refractivity (Wildman–Crippen MR) is 116 cm³/mol. The Bertz CT molecular complexity index is 1250. The minimum absolute atomic E-state index is 0.152. The zero-order chi connectivity index (χ0) is 23.2. The summed E-state index contributed by atoms with van der Waals surface area (Å²) in [6.45, 7) is 1.03. The van der Waals surface area contributed by atoms with Crippen LogP contribution >= 0.6 is 31.2 Å². The lowest BCUT2D eigenvalue weighted by molar-refractivity contribution is -0.155. The fourth-order valence-electron chi connectivity index (χ4n) is 3.76. The van der Waals surface area contributed by atoms with Crippen molar-refractivity contribution < 1.29 is 32.8 Å². The topological polar surface area (TPSA) is 135 Å². The number of hydrogen-bond acceptors (Lipinski definition) is 10. The Hall–Kier alpha value is -2.05. The molecule has 0 amide bonds. The zero-order valence-electron chi connectivity index (χ0n) is 17.1. The molecule has 0 radical (unpaired) electrons. The van der Waals surface area contributed by atoms with Gasteiger partial charge < -0.3 is 14.4 Å². The van der Waals surface area contributed by atoms with E-state index >= 15 is 0 Å². The number of rotatable bonds is 5. The zero-order valence-corrected chi connectivity index (χ0v) is 19.6. The molecule has 1 aromatic carbocycles. The molecule has 5 rings (SSSR count). The summed E-state index contributed by atoms with van der Waals surface area (Å²) in [6.07, 6.45) is -2.50. The molecular formula is C19H18ClN4O7PS. The first kappa shape index (κ1) is 22.7. The van der Waals surface area contributed by atoms with Gasteiger partial charge in [-0.25, -0.2) is 19.5 Å². The van der Waals surface area contributed by atoms with Gasteiger partial charge >= 0.3 is 13.8 Å². The van der Waals surface area contributed by atoms with Crippen molar-refractivity contribution in [1.29, 1.82) is 0 Å². The number of nitrogens with zero attached hydrogens (tertiary/aromatic N) is 4. The minimum atomic E-state index is -4.31. The largest absolute Gasteiger partial charge is 0.472 e. The van der Waals surface area contributed by atoms with Crippen molar-refractivity contribution in [3.8, 4) is 0 Å². The number of halogens is 1. The number of imidazole rings is 1. The highest BCUT2D eigenvalue weighted by atomic mass is 35.5. The number of carbonyl (C=O) groups is 1. The Morgan fingerprint density at radius 1 is 1.36 bits per heavy atom. The standard InChI is InChI=1S/C19H18ClN4O7PS/c1-10(25)29-15-14-12(7-28-32(26,27)31-14)30-18(15)24-17-13(16(20)21-9-22-17)23-19(24)33-8-11-5-3-2-4-6-11/h2-6,9,12,14-15,18H,7-8H2,1H3,(H,26,27)/t12-,14-,15-,18-/m1/s1. The third-order valence-electron chi connectivity index (χ3n) is 5.11. The van der Waals surface area contributed by atoms with E-state index in [0.29, 0.717) is 22.1 Å². The fraction of sp³-hybridized carbons (Fsp3) is 0.368. The summed E-state index contributed by atoms with van der Waals surface area (Å²) >= 11 is 7.67. The number of benzene rings is 1. The highest BCUT2D eigenvalue weighted by Crippen LogP contribution is 2.53. The van der Waals surface area contributed by atoms with Gasteiger partial charge in [0.1, 0.15) is 24.1 Å². The van der Waals surface area contributed by atoms with E-state index in [1.807, 2.05) is 30.3 Å². The van der Waals surface area contributed by atoms with Crippen LogP contribution in [0.4, 0.5) is 0 Å². The molecule has 33 heavy (non-hydrogen) atoms. The number of ether oxygens (including phenoxy) is 2. The Morgan fingerprint density at radius 3 is 2.91 bits per heavy atom. The van der Waals surface area contributed by atoms with E-state index in [4.69, 9.17) is 30.1 Å². The van der Waals surface area contributed by atoms with E-state index < -0.39 is 38.3 Å². The molecule has 0 aliphatic carbocycles. The highest BCUT2D eigenvalue weighted by molar-refractivity contribution is 7.98. The lowest BCUT2D eigenvalue weighted by Gasteiger charge is -2.29. The highest BCUT2D eigenvalue weighted by Gasteiger charge is 2.55. The average molecular weight is 513 g/mol. The van der Waals surface area contributed by atoms with Crippen LogP contribution in [0, 0.1) is 0 Å². The van der Waals surface area contributed by atoms with Crippen molar-refractivity contribution in [2.24, 2.45) is 0 Å². The van der Waals surface area contributed by atoms with Crippen molar-refractivity contribution in [2.45, 2.75) is 42.4 Å². The molecule has 3 aromatic rings. The van der Waals surface area contributed by atoms with Crippen molar-refractivity contribution >= 4 is 48.3 Å². The van der Waals surface area contributed by atoms with Gasteiger partial charge in [-0.15, -0.1) is 0 Å². The molecule has 2 aliphatic heterocycles. The minimum Gasteiger partial charge on any atom is -0.455 e. The van der Waals surface area contributed by atoms with E-state index in [9.17, 15) is 14.3 Å². The summed E-state index contributed by atoms with van der Waals surface area (Å²) in [7, 11) is -4.31. The quantitative estimate of drug-likeness (QED) is 0.234. The summed E-state index contributed by atoms with van der Waals surface area (Å²) in [5.41, 5.74) is 1.77. The Morgan fingerprint density at radius 2 is 2.15 bits per heavy atom. The maximum atomic E-state index is 12.0. The van der Waals surface area contributed by atoms with Crippen molar-refractivity contribution in [1.82, 2.24) is 19.5 Å². The van der Waals surface area contributed by atoms with Gasteiger partial charge in [-0.1, -0.05) is 53.7 Å². The second-order valence-corrected chi connectivity index (χ2v) is 10.1. The third-order valence-corrected chi connectivity index (χ3v) is 7.40. The third kappa shape index (κ3) is 4.52. The molecule has 0 saturated carbocycles. The van der Waals surface area contributed by atoms with Crippen LogP contribution in [0.2, 0.25) is 5.15 Å². The van der Waals surface area contributed by atoms with Gasteiger partial charge in [0.25, 0.3) is 0 Å². The Kier molecular flexibility index (Phi) is 6.17. The van der Waals surface area contributed by atoms with E-state index in [-0.39, 0.29) is 11.8 Å². The number of thioether (sulfide) groups is 1. The first-order chi connectivity index (χ1) is 15.8. The molecule has 4 heterocycles. The number of aromatic nitrogens is 4. The molecule has 0 spiro atoms. The molecule has 2 aliphatic rings. The van der Waals surface area contributed by atoms with E-state index in [0.717, 1.165) is 5.56 Å². The molecule has 2 fully saturated rings. The van der Waals surface area contributed by atoms with Crippen LogP contribution in [0.5, 0.6) is 0 Å². The number of hydrogen-bond donors (Lipinski definition) is 1. The normalized spacial score (nSPS) is 29.2. The van der Waals surface area contributed by atoms with E-state index in [1.54, 1.807) is 4.57 Å². The number of phosphoric acid groups is 1. The van der Waals surface area contributed by atoms with Crippen LogP contribution in [0.25, 0.3) is 11.2 Å². The number of esters is 1. The first-order valence-corrected chi connectivity index (χ1v) is 12.7. The maximum Gasteiger partial charge on any atom is 0.472 e. The molecule has 14 heteroatoms. The maximum absolute atomic E-state index is 12.0. The van der Waals surface area contributed by atoms with Crippen LogP contribution in [0.3, 0.4) is 0 Å². The summed E-state index contributed by atoms with van der Waals surface area (Å²) in [4.78, 5) is 34.6. The van der Waals surface area contributed by atoms with Gasteiger partial charge in [-0.2, -0.15) is 0 Å². The first-order valence-electron chi connectivity index (χ1n) is 9.86. The fourth-order valence-corrected chi connectivity index (χ4v) is 5.86. The second-order valence-electron chi connectivity index (χ2n) is 7.35. The number of phosphoric ester groups is 1. The SMILES string of the molecule is CC(=O)O[C@@H]1[C@@H]2OP(=O)(O)OC[C@H]2O[C@H]1n1c(SCc2ccccc2)nc2c(Cl)ncnc21. The summed E-state index contributed by atoms with van der Waals surface area (Å²) in [5, 5.41) is 0.643. The lowest BCUT2D eigenvalue weighted by Crippen LogP contribution is -2.41. The van der Waals surface area contributed by atoms with Crippen molar-refractivity contribution in [2.75, 3.05) is 6.61 Å². The van der Waals surface area contributed by atoms with Crippen molar-refractivity contribution in [3.05, 3.63) is 47.4 Å². The number of carbonyl (C=O) groups excluding carboxylic acids is 1. The molecule has 174 valence electrons.